The molecule has 76 valence electrons. The van der Waals surface area contributed by atoms with E-state index in [1.807, 2.05) is 18.2 Å². The Balaban J connectivity index is 2.15. The molecule has 0 unspecified atom stereocenters. The zero-order valence-corrected chi connectivity index (χ0v) is 10.2. The fourth-order valence-electron chi connectivity index (χ4n) is 1.15. The quantitative estimate of drug-likeness (QED) is 0.513. The predicted molar refractivity (Wildman–Crippen MR) is 65.1 cm³/mol. The van der Waals surface area contributed by atoms with Crippen molar-refractivity contribution in [2.24, 2.45) is 0 Å². The fourth-order valence-corrected chi connectivity index (χ4v) is 1.94. The summed E-state index contributed by atoms with van der Waals surface area (Å²) < 4.78 is 5.55. The van der Waals surface area contributed by atoms with Crippen LogP contribution in [-0.2, 0) is 4.43 Å². The van der Waals surface area contributed by atoms with Gasteiger partial charge in [0.1, 0.15) is 0 Å². The minimum atomic E-state index is -0.240. The van der Waals surface area contributed by atoms with Gasteiger partial charge in [-0.05, 0) is 11.6 Å². The van der Waals surface area contributed by atoms with E-state index in [2.05, 4.69) is 31.2 Å². The number of rotatable bonds is 6. The molecule has 0 bridgehead atoms. The summed E-state index contributed by atoms with van der Waals surface area (Å²) >= 11 is 0. The van der Waals surface area contributed by atoms with Crippen molar-refractivity contribution in [3.8, 4) is 0 Å². The highest BCUT2D eigenvalue weighted by molar-refractivity contribution is 6.26. The highest BCUT2D eigenvalue weighted by Gasteiger charge is 1.85. The Morgan fingerprint density at radius 3 is 2.79 bits per heavy atom. The third-order valence-electron chi connectivity index (χ3n) is 1.97. The van der Waals surface area contributed by atoms with Crippen LogP contribution in [0.3, 0.4) is 0 Å². The number of hydrogen-bond donors (Lipinski definition) is 0. The molecule has 0 N–H and O–H groups in total. The molecule has 0 aromatic heterocycles. The first-order valence-electron chi connectivity index (χ1n) is 5.23. The van der Waals surface area contributed by atoms with Crippen molar-refractivity contribution in [3.05, 3.63) is 42.0 Å². The first kappa shape index (κ1) is 11.2. The molecule has 0 aliphatic carbocycles. The molecule has 1 nitrogen and oxygen atoms in total. The van der Waals surface area contributed by atoms with Gasteiger partial charge in [0.05, 0.1) is 6.61 Å². The van der Waals surface area contributed by atoms with E-state index in [9.17, 15) is 0 Å². The van der Waals surface area contributed by atoms with Crippen LogP contribution >= 0.6 is 0 Å². The molecule has 0 atom stereocenters. The first-order valence-corrected chi connectivity index (χ1v) is 6.80. The van der Waals surface area contributed by atoms with E-state index < -0.39 is 0 Å². The Labute approximate surface area is 88.7 Å². The van der Waals surface area contributed by atoms with Gasteiger partial charge in [0, 0.05) is 0 Å². The smallest absolute Gasteiger partial charge is 0.162 e. The zero-order valence-electron chi connectivity index (χ0n) is 8.78. The van der Waals surface area contributed by atoms with Crippen molar-refractivity contribution in [2.75, 3.05) is 6.61 Å². The molecule has 0 radical (unpaired) electrons. The second-order valence-electron chi connectivity index (χ2n) is 3.24. The average molecular weight is 206 g/mol. The van der Waals surface area contributed by atoms with Crippen LogP contribution in [0.1, 0.15) is 18.9 Å². The third kappa shape index (κ3) is 4.99. The van der Waals surface area contributed by atoms with Gasteiger partial charge in [0.2, 0.25) is 0 Å². The highest BCUT2D eigenvalue weighted by Crippen LogP contribution is 2.00. The fraction of sp³-hybridized carbons (Fsp3) is 0.333. The summed E-state index contributed by atoms with van der Waals surface area (Å²) in [5, 5.41) is 0. The second kappa shape index (κ2) is 7.53. The summed E-state index contributed by atoms with van der Waals surface area (Å²) in [5.41, 5.74) is 1.24. The van der Waals surface area contributed by atoms with Gasteiger partial charge in [0.25, 0.3) is 0 Å². The van der Waals surface area contributed by atoms with Crippen LogP contribution in [0.5, 0.6) is 0 Å². The summed E-state index contributed by atoms with van der Waals surface area (Å²) in [6, 6.07) is 11.6. The lowest BCUT2D eigenvalue weighted by molar-refractivity contribution is 0.385. The van der Waals surface area contributed by atoms with E-state index in [1.54, 1.807) is 0 Å². The van der Waals surface area contributed by atoms with E-state index in [1.165, 1.54) is 18.0 Å². The normalized spacial score (nSPS) is 11.8. The Hall–Kier alpha value is -0.863. The Morgan fingerprint density at radius 2 is 2.07 bits per heavy atom. The number of benzene rings is 1. The van der Waals surface area contributed by atoms with Crippen LogP contribution in [0, 0.1) is 0 Å². The standard InChI is InChI=1S/C12H18OSi/c1-2-11-14-13-10-6-9-12-7-4-3-5-8-12/h3-9H,2,10-11,14H2,1H3. The summed E-state index contributed by atoms with van der Waals surface area (Å²) in [6.07, 6.45) is 5.47. The van der Waals surface area contributed by atoms with E-state index in [4.69, 9.17) is 4.43 Å². The summed E-state index contributed by atoms with van der Waals surface area (Å²) in [4.78, 5) is 0. The molecule has 0 heterocycles. The van der Waals surface area contributed by atoms with Crippen LogP contribution in [0.25, 0.3) is 6.08 Å². The largest absolute Gasteiger partial charge is 0.420 e. The van der Waals surface area contributed by atoms with E-state index in [0.717, 1.165) is 6.61 Å². The van der Waals surface area contributed by atoms with Crippen LogP contribution in [0.4, 0.5) is 0 Å². The molecular formula is C12H18OSi. The minimum Gasteiger partial charge on any atom is -0.420 e. The topological polar surface area (TPSA) is 9.23 Å². The van der Waals surface area contributed by atoms with E-state index in [0.29, 0.717) is 0 Å². The van der Waals surface area contributed by atoms with Gasteiger partial charge in [-0.1, -0.05) is 55.8 Å². The molecule has 0 fully saturated rings. The average Bonchev–Trinajstić information content (AvgIpc) is 2.25. The molecule has 1 rings (SSSR count). The third-order valence-corrected chi connectivity index (χ3v) is 3.49. The van der Waals surface area contributed by atoms with Crippen molar-refractivity contribution < 1.29 is 4.43 Å². The Morgan fingerprint density at radius 1 is 1.29 bits per heavy atom. The minimum absolute atomic E-state index is 0.240. The monoisotopic (exact) mass is 206 g/mol. The van der Waals surface area contributed by atoms with Crippen LogP contribution in [-0.4, -0.2) is 16.4 Å². The van der Waals surface area contributed by atoms with Crippen molar-refractivity contribution in [2.45, 2.75) is 19.4 Å². The summed E-state index contributed by atoms with van der Waals surface area (Å²) in [6.45, 7) is 2.98. The van der Waals surface area contributed by atoms with Gasteiger partial charge >= 0.3 is 0 Å². The molecule has 0 saturated carbocycles. The van der Waals surface area contributed by atoms with Crippen molar-refractivity contribution in [1.29, 1.82) is 0 Å². The van der Waals surface area contributed by atoms with Gasteiger partial charge < -0.3 is 4.43 Å². The first-order chi connectivity index (χ1) is 6.93. The molecule has 0 saturated heterocycles. The van der Waals surface area contributed by atoms with Gasteiger partial charge in [0.15, 0.2) is 9.76 Å². The van der Waals surface area contributed by atoms with Crippen LogP contribution in [0.15, 0.2) is 36.4 Å². The molecule has 1 aromatic rings. The molecule has 0 aliphatic rings. The SMILES string of the molecule is CCC[SiH2]OCC=Cc1ccccc1. The molecule has 0 spiro atoms. The summed E-state index contributed by atoms with van der Waals surface area (Å²) in [5.74, 6) is 0. The lowest BCUT2D eigenvalue weighted by Gasteiger charge is -1.97. The molecule has 1 aromatic carbocycles. The van der Waals surface area contributed by atoms with Gasteiger partial charge in [-0.3, -0.25) is 0 Å². The van der Waals surface area contributed by atoms with Gasteiger partial charge in [-0.2, -0.15) is 0 Å². The lowest BCUT2D eigenvalue weighted by atomic mass is 10.2. The molecule has 14 heavy (non-hydrogen) atoms. The maximum atomic E-state index is 5.55. The summed E-state index contributed by atoms with van der Waals surface area (Å²) in [7, 11) is -0.240. The van der Waals surface area contributed by atoms with Crippen molar-refractivity contribution in [1.82, 2.24) is 0 Å². The Bertz CT molecular complexity index is 256. The van der Waals surface area contributed by atoms with Gasteiger partial charge in [-0.15, -0.1) is 0 Å². The highest BCUT2D eigenvalue weighted by atomic mass is 28.2. The number of hydrogen-bond acceptors (Lipinski definition) is 1. The molecule has 0 amide bonds. The van der Waals surface area contributed by atoms with E-state index >= 15 is 0 Å². The second-order valence-corrected chi connectivity index (χ2v) is 4.77. The lowest BCUT2D eigenvalue weighted by Crippen LogP contribution is -1.96. The van der Waals surface area contributed by atoms with Crippen LogP contribution < -0.4 is 0 Å². The predicted octanol–water partition coefficient (Wildman–Crippen LogP) is 2.63. The van der Waals surface area contributed by atoms with Crippen molar-refractivity contribution in [3.63, 3.8) is 0 Å². The van der Waals surface area contributed by atoms with E-state index in [-0.39, 0.29) is 9.76 Å². The maximum absolute atomic E-state index is 5.55. The van der Waals surface area contributed by atoms with Crippen molar-refractivity contribution >= 4 is 15.8 Å². The maximum Gasteiger partial charge on any atom is 0.162 e. The Kier molecular flexibility index (Phi) is 6.03. The van der Waals surface area contributed by atoms with Crippen LogP contribution in [0.2, 0.25) is 6.04 Å². The molecule has 0 aliphatic heterocycles. The zero-order chi connectivity index (χ0) is 10.1. The molecular weight excluding hydrogens is 188 g/mol. The molecule has 2 heteroatoms. The van der Waals surface area contributed by atoms with Gasteiger partial charge in [-0.25, -0.2) is 0 Å².